The Labute approximate surface area is 142 Å². The zero-order valence-corrected chi connectivity index (χ0v) is 15.3. The molecule has 1 aromatic rings. The second-order valence-corrected chi connectivity index (χ2v) is 7.38. The highest BCUT2D eigenvalue weighted by molar-refractivity contribution is 7.17. The minimum Gasteiger partial charge on any atom is -0.462 e. The van der Waals surface area contributed by atoms with Crippen LogP contribution in [0.25, 0.3) is 0 Å². The van der Waals surface area contributed by atoms with Crippen LogP contribution in [-0.2, 0) is 22.4 Å². The van der Waals surface area contributed by atoms with Gasteiger partial charge in [0.2, 0.25) is 5.91 Å². The van der Waals surface area contributed by atoms with Gasteiger partial charge < -0.3 is 10.1 Å². The minimum absolute atomic E-state index is 0.00666. The summed E-state index contributed by atoms with van der Waals surface area (Å²) in [6.07, 6.45) is 4.56. The molecule has 0 fully saturated rings. The largest absolute Gasteiger partial charge is 0.462 e. The van der Waals surface area contributed by atoms with E-state index in [-0.39, 0.29) is 17.8 Å². The van der Waals surface area contributed by atoms with Gasteiger partial charge in [0, 0.05) is 10.8 Å². The molecule has 0 saturated carbocycles. The van der Waals surface area contributed by atoms with Gasteiger partial charge in [-0.25, -0.2) is 4.79 Å². The van der Waals surface area contributed by atoms with E-state index in [4.69, 9.17) is 4.74 Å². The summed E-state index contributed by atoms with van der Waals surface area (Å²) in [5.74, 6) is 0.313. The summed E-state index contributed by atoms with van der Waals surface area (Å²) >= 11 is 1.55. The maximum absolute atomic E-state index is 12.4. The molecule has 1 aliphatic carbocycles. The van der Waals surface area contributed by atoms with Crippen LogP contribution in [0.4, 0.5) is 5.00 Å². The van der Waals surface area contributed by atoms with E-state index in [1.165, 1.54) is 4.88 Å². The Kier molecular flexibility index (Phi) is 6.22. The Balaban J connectivity index is 2.34. The van der Waals surface area contributed by atoms with Crippen LogP contribution in [0, 0.1) is 11.8 Å². The standard InChI is InChI=1S/C18H27NO3S/c1-5-12(6-2)16(20)19-17-15(18(21)22-7-3)13-9-8-11(4)10-14(13)23-17/h11-12H,5-10H2,1-4H3,(H,19,20)/t11-/m0/s1. The first-order chi connectivity index (χ1) is 11.0. The number of carbonyl (C=O) groups is 2. The van der Waals surface area contributed by atoms with Crippen molar-refractivity contribution in [1.82, 2.24) is 0 Å². The van der Waals surface area contributed by atoms with E-state index in [1.807, 2.05) is 13.8 Å². The molecule has 0 spiro atoms. The van der Waals surface area contributed by atoms with Crippen molar-refractivity contribution in [3.05, 3.63) is 16.0 Å². The van der Waals surface area contributed by atoms with E-state index >= 15 is 0 Å². The van der Waals surface area contributed by atoms with Crippen LogP contribution in [-0.4, -0.2) is 18.5 Å². The molecule has 128 valence electrons. The fraction of sp³-hybridized carbons (Fsp3) is 0.667. The Morgan fingerprint density at radius 1 is 1.30 bits per heavy atom. The monoisotopic (exact) mass is 337 g/mol. The van der Waals surface area contributed by atoms with Crippen LogP contribution in [0.1, 0.15) is 67.8 Å². The average Bonchev–Trinajstić information content (AvgIpc) is 2.85. The molecule has 1 aliphatic rings. The molecule has 1 N–H and O–H groups in total. The number of ether oxygens (including phenoxy) is 1. The number of amides is 1. The van der Waals surface area contributed by atoms with Gasteiger partial charge in [0.15, 0.2) is 0 Å². The highest BCUT2D eigenvalue weighted by atomic mass is 32.1. The normalized spacial score (nSPS) is 17.0. The Hall–Kier alpha value is -1.36. The predicted octanol–water partition coefficient (Wildman–Crippen LogP) is 4.42. The smallest absolute Gasteiger partial charge is 0.341 e. The molecule has 1 aromatic heterocycles. The number of nitrogens with one attached hydrogen (secondary N) is 1. The number of fused-ring (bicyclic) bond motifs is 1. The van der Waals surface area contributed by atoms with Crippen molar-refractivity contribution in [2.24, 2.45) is 11.8 Å². The third-order valence-electron chi connectivity index (χ3n) is 4.58. The predicted molar refractivity (Wildman–Crippen MR) is 94.2 cm³/mol. The minimum atomic E-state index is -0.306. The number of hydrogen-bond acceptors (Lipinski definition) is 4. The van der Waals surface area contributed by atoms with Crippen LogP contribution >= 0.6 is 11.3 Å². The quantitative estimate of drug-likeness (QED) is 0.782. The van der Waals surface area contributed by atoms with E-state index in [2.05, 4.69) is 12.2 Å². The summed E-state index contributed by atoms with van der Waals surface area (Å²) in [5.41, 5.74) is 1.68. The van der Waals surface area contributed by atoms with Gasteiger partial charge in [-0.1, -0.05) is 20.8 Å². The maximum Gasteiger partial charge on any atom is 0.341 e. The van der Waals surface area contributed by atoms with Crippen molar-refractivity contribution < 1.29 is 14.3 Å². The number of rotatable bonds is 6. The summed E-state index contributed by atoms with van der Waals surface area (Å²) in [5, 5.41) is 3.68. The summed E-state index contributed by atoms with van der Waals surface area (Å²) in [6.45, 7) is 8.42. The number of carbonyl (C=O) groups excluding carboxylic acids is 2. The van der Waals surface area contributed by atoms with Gasteiger partial charge in [-0.05, 0) is 50.5 Å². The van der Waals surface area contributed by atoms with E-state index in [1.54, 1.807) is 18.3 Å². The Morgan fingerprint density at radius 2 is 2.00 bits per heavy atom. The molecular formula is C18H27NO3S. The summed E-state index contributed by atoms with van der Waals surface area (Å²) in [6, 6.07) is 0. The zero-order valence-electron chi connectivity index (χ0n) is 14.5. The van der Waals surface area contributed by atoms with E-state index in [9.17, 15) is 9.59 Å². The summed E-state index contributed by atoms with van der Waals surface area (Å²) < 4.78 is 5.23. The van der Waals surface area contributed by atoms with Crippen LogP contribution in [0.2, 0.25) is 0 Å². The molecule has 0 aliphatic heterocycles. The van der Waals surface area contributed by atoms with Crippen LogP contribution in [0.5, 0.6) is 0 Å². The Bertz CT molecular complexity index is 575. The number of esters is 1. The first kappa shape index (κ1) is 18.0. The molecule has 0 bridgehead atoms. The van der Waals surface area contributed by atoms with Crippen molar-refractivity contribution in [3.63, 3.8) is 0 Å². The molecule has 5 heteroatoms. The molecule has 0 saturated heterocycles. The van der Waals surface area contributed by atoms with Crippen LogP contribution < -0.4 is 5.32 Å². The summed E-state index contributed by atoms with van der Waals surface area (Å²) in [4.78, 5) is 26.1. The fourth-order valence-electron chi connectivity index (χ4n) is 3.13. The zero-order chi connectivity index (χ0) is 17.0. The van der Waals surface area contributed by atoms with Gasteiger partial charge in [-0.3, -0.25) is 4.79 Å². The van der Waals surface area contributed by atoms with Crippen molar-refractivity contribution in [1.29, 1.82) is 0 Å². The lowest BCUT2D eigenvalue weighted by Gasteiger charge is -2.18. The third-order valence-corrected chi connectivity index (χ3v) is 5.75. The molecule has 1 amide bonds. The highest BCUT2D eigenvalue weighted by Crippen LogP contribution is 2.40. The second kappa shape index (κ2) is 7.95. The van der Waals surface area contributed by atoms with Crippen molar-refractivity contribution in [2.75, 3.05) is 11.9 Å². The summed E-state index contributed by atoms with van der Waals surface area (Å²) in [7, 11) is 0. The van der Waals surface area contributed by atoms with Gasteiger partial charge >= 0.3 is 5.97 Å². The Morgan fingerprint density at radius 3 is 2.61 bits per heavy atom. The molecule has 0 radical (unpaired) electrons. The topological polar surface area (TPSA) is 55.4 Å². The van der Waals surface area contributed by atoms with Crippen molar-refractivity contribution in [2.45, 2.75) is 59.8 Å². The first-order valence-corrected chi connectivity index (χ1v) is 9.45. The molecule has 0 unspecified atom stereocenters. The molecule has 2 rings (SSSR count). The maximum atomic E-state index is 12.4. The van der Waals surface area contributed by atoms with Crippen molar-refractivity contribution in [3.8, 4) is 0 Å². The fourth-order valence-corrected chi connectivity index (χ4v) is 4.53. The molecule has 0 aromatic carbocycles. The van der Waals surface area contributed by atoms with Gasteiger partial charge in [-0.2, -0.15) is 0 Å². The first-order valence-electron chi connectivity index (χ1n) is 8.64. The number of hydrogen-bond donors (Lipinski definition) is 1. The molecule has 23 heavy (non-hydrogen) atoms. The highest BCUT2D eigenvalue weighted by Gasteiger charge is 2.29. The lowest BCUT2D eigenvalue weighted by Crippen LogP contribution is -2.22. The van der Waals surface area contributed by atoms with Crippen LogP contribution in [0.3, 0.4) is 0 Å². The van der Waals surface area contributed by atoms with E-state index in [0.717, 1.165) is 37.7 Å². The lowest BCUT2D eigenvalue weighted by atomic mass is 9.88. The van der Waals surface area contributed by atoms with Gasteiger partial charge in [-0.15, -0.1) is 11.3 Å². The van der Waals surface area contributed by atoms with Gasteiger partial charge in [0.05, 0.1) is 12.2 Å². The number of thiophene rings is 1. The average molecular weight is 337 g/mol. The molecule has 1 atom stereocenters. The third kappa shape index (κ3) is 3.94. The van der Waals surface area contributed by atoms with E-state index < -0.39 is 0 Å². The van der Waals surface area contributed by atoms with Crippen LogP contribution in [0.15, 0.2) is 0 Å². The molecule has 4 nitrogen and oxygen atoms in total. The molecule has 1 heterocycles. The lowest BCUT2D eigenvalue weighted by molar-refractivity contribution is -0.120. The van der Waals surface area contributed by atoms with Gasteiger partial charge in [0.1, 0.15) is 5.00 Å². The number of anilines is 1. The second-order valence-electron chi connectivity index (χ2n) is 6.28. The molecular weight excluding hydrogens is 310 g/mol. The van der Waals surface area contributed by atoms with Gasteiger partial charge in [0.25, 0.3) is 0 Å². The van der Waals surface area contributed by atoms with E-state index in [0.29, 0.717) is 23.1 Å². The van der Waals surface area contributed by atoms with Crippen molar-refractivity contribution >= 4 is 28.2 Å². The SMILES string of the molecule is CCOC(=O)c1c(NC(=O)C(CC)CC)sc2c1CC[C@H](C)C2.